The van der Waals surface area contributed by atoms with Crippen LogP contribution in [-0.2, 0) is 0 Å². The molecule has 0 amide bonds. The predicted molar refractivity (Wildman–Crippen MR) is 59.4 cm³/mol. The Balaban J connectivity index is 2.13. The van der Waals surface area contributed by atoms with E-state index in [1.165, 1.54) is 12.8 Å². The molecule has 1 aliphatic carbocycles. The normalized spacial score (nSPS) is 15.5. The fraction of sp³-hybridized carbons (Fsp3) is 0.400. The second kappa shape index (κ2) is 3.74. The van der Waals surface area contributed by atoms with E-state index < -0.39 is 0 Å². The average Bonchev–Trinajstić information content (AvgIpc) is 2.89. The molecule has 0 N–H and O–H groups in total. The molecule has 0 heterocycles. The van der Waals surface area contributed by atoms with Gasteiger partial charge in [0.1, 0.15) is 11.5 Å². The highest BCUT2D eigenvalue weighted by Gasteiger charge is 2.23. The Morgan fingerprint density at radius 3 is 2.69 bits per heavy atom. The number of rotatable bonds is 3. The zero-order valence-electron chi connectivity index (χ0n) is 7.42. The Kier molecular flexibility index (Phi) is 2.62. The molecule has 2 rings (SSSR count). The molecule has 70 valence electrons. The van der Waals surface area contributed by atoms with Gasteiger partial charge in [0, 0.05) is 0 Å². The number of ether oxygens (including phenoxy) is 2. The summed E-state index contributed by atoms with van der Waals surface area (Å²) in [7, 11) is 1.68. The first-order chi connectivity index (χ1) is 6.29. The van der Waals surface area contributed by atoms with Crippen LogP contribution in [0.5, 0.6) is 11.5 Å². The van der Waals surface area contributed by atoms with Gasteiger partial charge in [-0.15, -0.1) is 0 Å². The summed E-state index contributed by atoms with van der Waals surface area (Å²) >= 11 is 2.25. The predicted octanol–water partition coefficient (Wildman–Crippen LogP) is 2.84. The smallest absolute Gasteiger partial charge is 0.132 e. The molecule has 1 aliphatic rings. The van der Waals surface area contributed by atoms with Crippen LogP contribution in [0, 0.1) is 3.57 Å². The van der Waals surface area contributed by atoms with Crippen molar-refractivity contribution in [3.63, 3.8) is 0 Å². The van der Waals surface area contributed by atoms with Gasteiger partial charge in [-0.2, -0.15) is 0 Å². The molecule has 0 unspecified atom stereocenters. The molecule has 13 heavy (non-hydrogen) atoms. The number of hydrogen-bond donors (Lipinski definition) is 0. The van der Waals surface area contributed by atoms with Crippen molar-refractivity contribution >= 4 is 22.6 Å². The van der Waals surface area contributed by atoms with Crippen molar-refractivity contribution in [1.82, 2.24) is 0 Å². The molecule has 1 fully saturated rings. The molecule has 1 aromatic rings. The Morgan fingerprint density at radius 2 is 2.15 bits per heavy atom. The van der Waals surface area contributed by atoms with Crippen LogP contribution < -0.4 is 9.47 Å². The van der Waals surface area contributed by atoms with Crippen molar-refractivity contribution in [3.8, 4) is 11.5 Å². The third kappa shape index (κ3) is 2.27. The summed E-state index contributed by atoms with van der Waals surface area (Å²) in [6, 6.07) is 5.91. The van der Waals surface area contributed by atoms with Gasteiger partial charge >= 0.3 is 0 Å². The summed E-state index contributed by atoms with van der Waals surface area (Å²) in [5.74, 6) is 1.86. The molecule has 1 saturated carbocycles. The van der Waals surface area contributed by atoms with Crippen molar-refractivity contribution in [2.24, 2.45) is 0 Å². The van der Waals surface area contributed by atoms with Crippen molar-refractivity contribution in [1.29, 1.82) is 0 Å². The molecule has 0 atom stereocenters. The van der Waals surface area contributed by atoms with E-state index in [9.17, 15) is 0 Å². The van der Waals surface area contributed by atoms with E-state index in [0.29, 0.717) is 6.10 Å². The number of hydrogen-bond acceptors (Lipinski definition) is 2. The van der Waals surface area contributed by atoms with E-state index in [-0.39, 0.29) is 0 Å². The van der Waals surface area contributed by atoms with Gasteiger partial charge in [0.15, 0.2) is 0 Å². The third-order valence-corrected chi connectivity index (χ3v) is 2.79. The first kappa shape index (κ1) is 9.12. The van der Waals surface area contributed by atoms with Gasteiger partial charge in [0.25, 0.3) is 0 Å². The monoisotopic (exact) mass is 290 g/mol. The zero-order valence-corrected chi connectivity index (χ0v) is 9.58. The number of methoxy groups -OCH3 is 1. The second-order valence-corrected chi connectivity index (χ2v) is 4.28. The maximum Gasteiger partial charge on any atom is 0.132 e. The van der Waals surface area contributed by atoms with Crippen LogP contribution in [0.15, 0.2) is 18.2 Å². The van der Waals surface area contributed by atoms with Crippen molar-refractivity contribution < 1.29 is 9.47 Å². The van der Waals surface area contributed by atoms with Gasteiger partial charge in [0.2, 0.25) is 0 Å². The Morgan fingerprint density at radius 1 is 1.38 bits per heavy atom. The van der Waals surface area contributed by atoms with E-state index in [1.807, 2.05) is 18.2 Å². The molecular formula is C10H11IO2. The fourth-order valence-corrected chi connectivity index (χ4v) is 1.81. The van der Waals surface area contributed by atoms with E-state index in [1.54, 1.807) is 7.11 Å². The molecular weight excluding hydrogens is 279 g/mol. The topological polar surface area (TPSA) is 18.5 Å². The number of halogens is 1. The van der Waals surface area contributed by atoms with Crippen molar-refractivity contribution in [2.75, 3.05) is 7.11 Å². The third-order valence-electron chi connectivity index (χ3n) is 1.95. The SMILES string of the molecule is COc1ccc(OC2CC2)cc1I. The molecule has 3 heteroatoms. The van der Waals surface area contributed by atoms with Crippen LogP contribution in [0.2, 0.25) is 0 Å². The highest BCUT2D eigenvalue weighted by molar-refractivity contribution is 14.1. The quantitative estimate of drug-likeness (QED) is 0.797. The van der Waals surface area contributed by atoms with Crippen molar-refractivity contribution in [3.05, 3.63) is 21.8 Å². The largest absolute Gasteiger partial charge is 0.496 e. The maximum absolute atomic E-state index is 5.65. The van der Waals surface area contributed by atoms with Crippen LogP contribution >= 0.6 is 22.6 Å². The minimum atomic E-state index is 0.462. The zero-order chi connectivity index (χ0) is 9.26. The second-order valence-electron chi connectivity index (χ2n) is 3.11. The van der Waals surface area contributed by atoms with Crippen molar-refractivity contribution in [2.45, 2.75) is 18.9 Å². The lowest BCUT2D eigenvalue weighted by molar-refractivity contribution is 0.302. The summed E-state index contributed by atoms with van der Waals surface area (Å²) in [5, 5.41) is 0. The average molecular weight is 290 g/mol. The summed E-state index contributed by atoms with van der Waals surface area (Å²) < 4.78 is 11.9. The summed E-state index contributed by atoms with van der Waals surface area (Å²) in [5.41, 5.74) is 0. The molecule has 0 radical (unpaired) electrons. The van der Waals surface area contributed by atoms with Crippen LogP contribution in [-0.4, -0.2) is 13.2 Å². The van der Waals surface area contributed by atoms with E-state index >= 15 is 0 Å². The number of benzene rings is 1. The van der Waals surface area contributed by atoms with Crippen LogP contribution in [0.4, 0.5) is 0 Å². The van der Waals surface area contributed by atoms with Crippen LogP contribution in [0.1, 0.15) is 12.8 Å². The van der Waals surface area contributed by atoms with E-state index in [4.69, 9.17) is 9.47 Å². The van der Waals surface area contributed by atoms with Gasteiger partial charge in [-0.25, -0.2) is 0 Å². The van der Waals surface area contributed by atoms with Gasteiger partial charge in [-0.05, 0) is 53.6 Å². The van der Waals surface area contributed by atoms with Gasteiger partial charge in [0.05, 0.1) is 16.8 Å². The summed E-state index contributed by atoms with van der Waals surface area (Å²) in [6.07, 6.45) is 2.86. The van der Waals surface area contributed by atoms with E-state index in [2.05, 4.69) is 22.6 Å². The molecule has 0 aliphatic heterocycles. The maximum atomic E-state index is 5.65. The minimum absolute atomic E-state index is 0.462. The summed E-state index contributed by atoms with van der Waals surface area (Å²) in [4.78, 5) is 0. The Hall–Kier alpha value is -0.450. The lowest BCUT2D eigenvalue weighted by atomic mass is 10.3. The molecule has 0 bridgehead atoms. The van der Waals surface area contributed by atoms with E-state index in [0.717, 1.165) is 15.1 Å². The standard InChI is InChI=1S/C10H11IO2/c1-12-10-5-4-8(6-9(10)11)13-7-2-3-7/h4-7H,2-3H2,1H3. The lowest BCUT2D eigenvalue weighted by Gasteiger charge is -2.07. The molecule has 1 aromatic carbocycles. The Labute approximate surface area is 91.4 Å². The fourth-order valence-electron chi connectivity index (χ4n) is 1.10. The van der Waals surface area contributed by atoms with Gasteiger partial charge < -0.3 is 9.47 Å². The van der Waals surface area contributed by atoms with Crippen LogP contribution in [0.3, 0.4) is 0 Å². The van der Waals surface area contributed by atoms with Crippen LogP contribution in [0.25, 0.3) is 0 Å². The Bertz CT molecular complexity index is 308. The van der Waals surface area contributed by atoms with Gasteiger partial charge in [-0.3, -0.25) is 0 Å². The lowest BCUT2D eigenvalue weighted by Crippen LogP contribution is -1.96. The molecule has 0 saturated heterocycles. The molecule has 2 nitrogen and oxygen atoms in total. The minimum Gasteiger partial charge on any atom is -0.496 e. The molecule has 0 spiro atoms. The molecule has 0 aromatic heterocycles. The first-order valence-electron chi connectivity index (χ1n) is 4.30. The first-order valence-corrected chi connectivity index (χ1v) is 5.37. The summed E-state index contributed by atoms with van der Waals surface area (Å²) in [6.45, 7) is 0. The van der Waals surface area contributed by atoms with Gasteiger partial charge in [-0.1, -0.05) is 0 Å². The highest BCUT2D eigenvalue weighted by atomic mass is 127. The highest BCUT2D eigenvalue weighted by Crippen LogP contribution is 2.30.